The summed E-state index contributed by atoms with van der Waals surface area (Å²) in [5, 5.41) is 0. The van der Waals surface area contributed by atoms with Gasteiger partial charge in [0.2, 0.25) is 0 Å². The molecule has 108 valence electrons. The van der Waals surface area contributed by atoms with Crippen LogP contribution in [0.1, 0.15) is 25.7 Å². The summed E-state index contributed by atoms with van der Waals surface area (Å²) in [5.74, 6) is 0. The summed E-state index contributed by atoms with van der Waals surface area (Å²) < 4.78 is 0. The summed E-state index contributed by atoms with van der Waals surface area (Å²) >= 11 is 4.92. The van der Waals surface area contributed by atoms with Crippen LogP contribution in [0.3, 0.4) is 0 Å². The van der Waals surface area contributed by atoms with Crippen LogP contribution >= 0.6 is 12.2 Å². The average molecular weight is 284 g/mol. The van der Waals surface area contributed by atoms with Gasteiger partial charge in [-0.1, -0.05) is 25.1 Å². The zero-order valence-electron chi connectivity index (χ0n) is 11.5. The van der Waals surface area contributed by atoms with Crippen LogP contribution in [0.4, 0.5) is 4.79 Å². The third-order valence-electron chi connectivity index (χ3n) is 3.90. The van der Waals surface area contributed by atoms with Gasteiger partial charge in [-0.05, 0) is 12.8 Å². The molecular weight excluding hydrogens is 260 g/mol. The van der Waals surface area contributed by atoms with Crippen molar-refractivity contribution in [2.75, 3.05) is 45.8 Å². The first kappa shape index (κ1) is 14.5. The van der Waals surface area contributed by atoms with Gasteiger partial charge in [0.25, 0.3) is 0 Å². The minimum atomic E-state index is 0.219. The molecule has 2 aliphatic heterocycles. The molecule has 2 rings (SSSR count). The third-order valence-corrected chi connectivity index (χ3v) is 4.03. The Morgan fingerprint density at radius 3 is 1.95 bits per heavy atom. The summed E-state index contributed by atoms with van der Waals surface area (Å²) in [7, 11) is 0. The Morgan fingerprint density at radius 1 is 0.895 bits per heavy atom. The number of hydrogen-bond acceptors (Lipinski definition) is 3. The maximum Gasteiger partial charge on any atom is 0.320 e. The first-order valence-electron chi connectivity index (χ1n) is 7.21. The molecule has 5 nitrogen and oxygen atoms in total. The molecule has 2 aliphatic rings. The van der Waals surface area contributed by atoms with Crippen LogP contribution in [-0.4, -0.2) is 71.5 Å². The summed E-state index contributed by atoms with van der Waals surface area (Å²) in [6.07, 6.45) is 4.80. The van der Waals surface area contributed by atoms with Gasteiger partial charge in [0.15, 0.2) is 0 Å². The fourth-order valence-corrected chi connectivity index (χ4v) is 2.96. The van der Waals surface area contributed by atoms with Crippen molar-refractivity contribution in [2.24, 2.45) is 5.73 Å². The Morgan fingerprint density at radius 2 is 1.42 bits per heavy atom. The van der Waals surface area contributed by atoms with Crippen LogP contribution in [0.2, 0.25) is 0 Å². The van der Waals surface area contributed by atoms with Crippen molar-refractivity contribution in [1.82, 2.24) is 14.7 Å². The Balaban J connectivity index is 1.79. The van der Waals surface area contributed by atoms with Crippen LogP contribution < -0.4 is 5.73 Å². The summed E-state index contributed by atoms with van der Waals surface area (Å²) in [5.41, 5.74) is 5.55. The molecule has 2 amide bonds. The standard InChI is InChI=1S/C13H24N4OS/c14-12(19)11-15-7-9-17(10-8-15)13(18)16-5-3-1-2-4-6-16/h1-11H2,(H2,14,19). The number of urea groups is 1. The van der Waals surface area contributed by atoms with Gasteiger partial charge in [-0.2, -0.15) is 0 Å². The normalized spacial score (nSPS) is 22.1. The number of thiocarbonyl (C=S) groups is 1. The van der Waals surface area contributed by atoms with E-state index < -0.39 is 0 Å². The molecule has 2 fully saturated rings. The molecule has 0 spiro atoms. The maximum absolute atomic E-state index is 12.4. The molecule has 0 saturated carbocycles. The molecule has 2 N–H and O–H groups in total. The van der Waals surface area contributed by atoms with E-state index in [1.807, 2.05) is 9.80 Å². The lowest BCUT2D eigenvalue weighted by molar-refractivity contribution is 0.120. The van der Waals surface area contributed by atoms with Crippen molar-refractivity contribution in [3.8, 4) is 0 Å². The van der Waals surface area contributed by atoms with E-state index in [1.165, 1.54) is 12.8 Å². The van der Waals surface area contributed by atoms with Gasteiger partial charge in [-0.15, -0.1) is 0 Å². The zero-order chi connectivity index (χ0) is 13.7. The summed E-state index contributed by atoms with van der Waals surface area (Å²) in [6.45, 7) is 5.84. The number of carbonyl (C=O) groups is 1. The maximum atomic E-state index is 12.4. The largest absolute Gasteiger partial charge is 0.392 e. The van der Waals surface area contributed by atoms with E-state index in [-0.39, 0.29) is 6.03 Å². The first-order valence-corrected chi connectivity index (χ1v) is 7.62. The Kier molecular flexibility index (Phi) is 5.39. The number of carbonyl (C=O) groups excluding carboxylic acids is 1. The number of amides is 2. The molecule has 0 atom stereocenters. The average Bonchev–Trinajstić information content (AvgIpc) is 2.67. The molecule has 19 heavy (non-hydrogen) atoms. The molecule has 0 unspecified atom stereocenters. The lowest BCUT2D eigenvalue weighted by Crippen LogP contribution is -2.54. The van der Waals surface area contributed by atoms with Crippen LogP contribution in [-0.2, 0) is 0 Å². The predicted octanol–water partition coefficient (Wildman–Crippen LogP) is 0.886. The lowest BCUT2D eigenvalue weighted by atomic mass is 10.2. The Hall–Kier alpha value is -0.880. The van der Waals surface area contributed by atoms with Crippen molar-refractivity contribution >= 4 is 23.2 Å². The molecule has 0 radical (unpaired) electrons. The fraction of sp³-hybridized carbons (Fsp3) is 0.846. The van der Waals surface area contributed by atoms with E-state index in [9.17, 15) is 4.79 Å². The fourth-order valence-electron chi connectivity index (χ4n) is 2.78. The molecule has 0 aromatic rings. The van der Waals surface area contributed by atoms with E-state index in [1.54, 1.807) is 0 Å². The Labute approximate surface area is 120 Å². The first-order chi connectivity index (χ1) is 9.16. The minimum absolute atomic E-state index is 0.219. The smallest absolute Gasteiger partial charge is 0.320 e. The SMILES string of the molecule is NC(=S)CN1CCN(C(=O)N2CCCCCC2)CC1. The van der Waals surface area contributed by atoms with Gasteiger partial charge in [0.05, 0.1) is 4.99 Å². The second-order valence-corrected chi connectivity index (χ2v) is 5.94. The van der Waals surface area contributed by atoms with Gasteiger partial charge in [-0.25, -0.2) is 4.79 Å². The lowest BCUT2D eigenvalue weighted by Gasteiger charge is -2.37. The minimum Gasteiger partial charge on any atom is -0.392 e. The second kappa shape index (κ2) is 7.05. The molecule has 6 heteroatoms. The van der Waals surface area contributed by atoms with Crippen LogP contribution in [0.5, 0.6) is 0 Å². The van der Waals surface area contributed by atoms with Crippen LogP contribution in [0.25, 0.3) is 0 Å². The molecule has 0 aromatic carbocycles. The number of hydrogen-bond donors (Lipinski definition) is 1. The highest BCUT2D eigenvalue weighted by Gasteiger charge is 2.25. The number of nitrogens with two attached hydrogens (primary N) is 1. The van der Waals surface area contributed by atoms with Crippen LogP contribution in [0, 0.1) is 0 Å². The zero-order valence-corrected chi connectivity index (χ0v) is 12.3. The molecular formula is C13H24N4OS. The van der Waals surface area contributed by atoms with Crippen molar-refractivity contribution in [3.63, 3.8) is 0 Å². The van der Waals surface area contributed by atoms with E-state index >= 15 is 0 Å². The molecule has 2 heterocycles. The molecule has 0 aliphatic carbocycles. The topological polar surface area (TPSA) is 52.8 Å². The summed E-state index contributed by atoms with van der Waals surface area (Å²) in [4.78, 5) is 19.2. The van der Waals surface area contributed by atoms with Gasteiger partial charge >= 0.3 is 6.03 Å². The van der Waals surface area contributed by atoms with E-state index in [0.717, 1.165) is 52.1 Å². The van der Waals surface area contributed by atoms with Crippen LogP contribution in [0.15, 0.2) is 0 Å². The number of likely N-dealkylation sites (tertiary alicyclic amines) is 1. The number of piperazine rings is 1. The van der Waals surface area contributed by atoms with E-state index in [2.05, 4.69) is 4.90 Å². The Bertz CT molecular complexity index is 321. The number of nitrogens with zero attached hydrogens (tertiary/aromatic N) is 3. The predicted molar refractivity (Wildman–Crippen MR) is 80.2 cm³/mol. The third kappa shape index (κ3) is 4.31. The number of rotatable bonds is 2. The highest BCUT2D eigenvalue weighted by molar-refractivity contribution is 7.80. The summed E-state index contributed by atoms with van der Waals surface area (Å²) in [6, 6.07) is 0.219. The monoisotopic (exact) mass is 284 g/mol. The second-order valence-electron chi connectivity index (χ2n) is 5.41. The van der Waals surface area contributed by atoms with E-state index in [0.29, 0.717) is 11.5 Å². The molecule has 0 bridgehead atoms. The molecule has 0 aromatic heterocycles. The highest BCUT2D eigenvalue weighted by Crippen LogP contribution is 2.13. The van der Waals surface area contributed by atoms with Crippen molar-refractivity contribution in [1.29, 1.82) is 0 Å². The van der Waals surface area contributed by atoms with Crippen molar-refractivity contribution in [2.45, 2.75) is 25.7 Å². The highest BCUT2D eigenvalue weighted by atomic mass is 32.1. The van der Waals surface area contributed by atoms with Gasteiger partial charge in [-0.3, -0.25) is 4.90 Å². The van der Waals surface area contributed by atoms with Gasteiger partial charge in [0.1, 0.15) is 0 Å². The van der Waals surface area contributed by atoms with Crippen molar-refractivity contribution in [3.05, 3.63) is 0 Å². The molecule has 2 saturated heterocycles. The van der Waals surface area contributed by atoms with E-state index in [4.69, 9.17) is 18.0 Å². The van der Waals surface area contributed by atoms with Gasteiger partial charge in [0, 0.05) is 45.8 Å². The van der Waals surface area contributed by atoms with Crippen molar-refractivity contribution < 1.29 is 4.79 Å². The van der Waals surface area contributed by atoms with Gasteiger partial charge < -0.3 is 15.5 Å². The quantitative estimate of drug-likeness (QED) is 0.765.